The molecule has 0 radical (unpaired) electrons. The molecule has 1 N–H and O–H groups in total. The van der Waals surface area contributed by atoms with Crippen molar-refractivity contribution >= 4 is 27.3 Å². The molecule has 1 amide bonds. The predicted molar refractivity (Wildman–Crippen MR) is 98.4 cm³/mol. The summed E-state index contributed by atoms with van der Waals surface area (Å²) in [5, 5.41) is 3.75. The molecule has 1 heterocycles. The Balaban J connectivity index is 1.57. The lowest BCUT2D eigenvalue weighted by atomic mass is 9.79. The van der Waals surface area contributed by atoms with Crippen LogP contribution in [0.25, 0.3) is 10.1 Å². The van der Waals surface area contributed by atoms with Gasteiger partial charge in [0.1, 0.15) is 5.82 Å². The maximum absolute atomic E-state index is 14.3. The molecule has 3 unspecified atom stereocenters. The van der Waals surface area contributed by atoms with Gasteiger partial charge in [0.25, 0.3) is 5.91 Å². The molecule has 2 aliphatic rings. The minimum atomic E-state index is -0.286. The molecule has 1 aromatic heterocycles. The molecule has 2 fully saturated rings. The van der Waals surface area contributed by atoms with E-state index in [0.717, 1.165) is 29.4 Å². The largest absolute Gasteiger partial charge is 0.380 e. The van der Waals surface area contributed by atoms with Crippen LogP contribution < -0.4 is 5.32 Å². The molecule has 0 spiro atoms. The number of nitrogens with one attached hydrogen (secondary N) is 1. The van der Waals surface area contributed by atoms with Crippen molar-refractivity contribution in [3.05, 3.63) is 34.5 Å². The van der Waals surface area contributed by atoms with Crippen molar-refractivity contribution in [3.63, 3.8) is 0 Å². The lowest BCUT2D eigenvalue weighted by Gasteiger charge is -2.32. The van der Waals surface area contributed by atoms with Gasteiger partial charge in [-0.2, -0.15) is 0 Å². The molecule has 25 heavy (non-hydrogen) atoms. The molecular weight excluding hydrogens is 337 g/mol. The number of methoxy groups -OCH3 is 1. The second-order valence-electron chi connectivity index (χ2n) is 7.39. The van der Waals surface area contributed by atoms with Gasteiger partial charge in [-0.25, -0.2) is 4.39 Å². The summed E-state index contributed by atoms with van der Waals surface area (Å²) >= 11 is 1.36. The van der Waals surface area contributed by atoms with Gasteiger partial charge in [0.2, 0.25) is 0 Å². The molecule has 4 rings (SSSR count). The van der Waals surface area contributed by atoms with Crippen molar-refractivity contribution in [1.82, 2.24) is 5.32 Å². The minimum Gasteiger partial charge on any atom is -0.380 e. The highest BCUT2D eigenvalue weighted by atomic mass is 32.1. The highest BCUT2D eigenvalue weighted by molar-refractivity contribution is 7.21. The molecule has 5 heteroatoms. The monoisotopic (exact) mass is 361 g/mol. The number of amides is 1. The number of thiophene rings is 1. The molecule has 0 saturated heterocycles. The molecule has 0 aliphatic heterocycles. The fraction of sp³-hybridized carbons (Fsp3) is 0.550. The fourth-order valence-electron chi connectivity index (χ4n) is 4.72. The van der Waals surface area contributed by atoms with Crippen LogP contribution in [0.15, 0.2) is 18.2 Å². The van der Waals surface area contributed by atoms with Crippen LogP contribution >= 0.6 is 11.3 Å². The highest BCUT2D eigenvalue weighted by Crippen LogP contribution is 2.42. The standard InChI is InChI=1S/C20H24FNO2S/c1-24-11-15-18-16(21)6-3-7-17(18)25-19(15)20(23)22-14-9-8-12-4-2-5-13(12)10-14/h3,6-7,12-14H,2,4-5,8-11H2,1H3,(H,22,23). The van der Waals surface area contributed by atoms with E-state index < -0.39 is 0 Å². The number of halogens is 1. The van der Waals surface area contributed by atoms with Gasteiger partial charge < -0.3 is 10.1 Å². The lowest BCUT2D eigenvalue weighted by molar-refractivity contribution is 0.0910. The summed E-state index contributed by atoms with van der Waals surface area (Å²) in [4.78, 5) is 13.5. The Morgan fingerprint density at radius 3 is 2.96 bits per heavy atom. The summed E-state index contributed by atoms with van der Waals surface area (Å²) in [6.07, 6.45) is 7.38. The number of hydrogen-bond donors (Lipinski definition) is 1. The fourth-order valence-corrected chi connectivity index (χ4v) is 5.84. The first-order valence-corrected chi connectivity index (χ1v) is 9.98. The van der Waals surface area contributed by atoms with Gasteiger partial charge in [0, 0.05) is 28.8 Å². The molecule has 3 nitrogen and oxygen atoms in total. The van der Waals surface area contributed by atoms with Gasteiger partial charge in [0.05, 0.1) is 11.5 Å². The summed E-state index contributed by atoms with van der Waals surface area (Å²) in [6, 6.07) is 5.24. The topological polar surface area (TPSA) is 38.3 Å². The first-order chi connectivity index (χ1) is 12.2. The van der Waals surface area contributed by atoms with Crippen LogP contribution in [-0.4, -0.2) is 19.1 Å². The van der Waals surface area contributed by atoms with E-state index in [1.807, 2.05) is 6.07 Å². The second kappa shape index (κ2) is 7.04. The van der Waals surface area contributed by atoms with Crippen molar-refractivity contribution in [2.24, 2.45) is 11.8 Å². The molecular formula is C20H24FNO2S. The summed E-state index contributed by atoms with van der Waals surface area (Å²) in [6.45, 7) is 0.249. The van der Waals surface area contributed by atoms with Crippen LogP contribution in [0.3, 0.4) is 0 Å². The van der Waals surface area contributed by atoms with Gasteiger partial charge in [-0.15, -0.1) is 11.3 Å². The summed E-state index contributed by atoms with van der Waals surface area (Å²) in [7, 11) is 1.58. The van der Waals surface area contributed by atoms with E-state index in [1.54, 1.807) is 13.2 Å². The van der Waals surface area contributed by atoms with E-state index in [1.165, 1.54) is 43.1 Å². The number of rotatable bonds is 4. The average Bonchev–Trinajstić information content (AvgIpc) is 3.20. The smallest absolute Gasteiger partial charge is 0.261 e. The SMILES string of the molecule is COCc1c(C(=O)NC2CCC3CCCC3C2)sc2cccc(F)c12. The number of carbonyl (C=O) groups excluding carboxylic acids is 1. The van der Waals surface area contributed by atoms with E-state index in [9.17, 15) is 9.18 Å². The van der Waals surface area contributed by atoms with E-state index in [2.05, 4.69) is 5.32 Å². The Hall–Kier alpha value is -1.46. The van der Waals surface area contributed by atoms with Crippen LogP contribution in [0.1, 0.15) is 53.8 Å². The van der Waals surface area contributed by atoms with Gasteiger partial charge in [-0.05, 0) is 43.2 Å². The average molecular weight is 361 g/mol. The quantitative estimate of drug-likeness (QED) is 0.842. The van der Waals surface area contributed by atoms with Crippen molar-refractivity contribution in [2.45, 2.75) is 51.2 Å². The van der Waals surface area contributed by atoms with Crippen LogP contribution in [0.4, 0.5) is 4.39 Å². The summed E-state index contributed by atoms with van der Waals surface area (Å²) in [5.41, 5.74) is 0.674. The normalized spacial score (nSPS) is 25.9. The third kappa shape index (κ3) is 3.20. The Bertz CT molecular complexity index is 787. The van der Waals surface area contributed by atoms with Crippen LogP contribution in [0.2, 0.25) is 0 Å². The Morgan fingerprint density at radius 2 is 2.12 bits per heavy atom. The molecule has 2 aromatic rings. The Labute approximate surface area is 151 Å². The van der Waals surface area contributed by atoms with Crippen LogP contribution in [0.5, 0.6) is 0 Å². The Morgan fingerprint density at radius 1 is 1.28 bits per heavy atom. The first kappa shape index (κ1) is 17.0. The van der Waals surface area contributed by atoms with E-state index in [0.29, 0.717) is 15.8 Å². The number of ether oxygens (including phenoxy) is 1. The molecule has 0 bridgehead atoms. The van der Waals surface area contributed by atoms with Crippen LogP contribution in [-0.2, 0) is 11.3 Å². The van der Waals surface area contributed by atoms with Gasteiger partial charge in [0.15, 0.2) is 0 Å². The Kier molecular flexibility index (Phi) is 4.78. The van der Waals surface area contributed by atoms with Gasteiger partial charge >= 0.3 is 0 Å². The van der Waals surface area contributed by atoms with E-state index in [4.69, 9.17) is 4.74 Å². The summed E-state index contributed by atoms with van der Waals surface area (Å²) < 4.78 is 20.3. The maximum atomic E-state index is 14.3. The number of carbonyl (C=O) groups is 1. The third-order valence-electron chi connectivity index (χ3n) is 5.88. The molecule has 1 aromatic carbocycles. The zero-order chi connectivity index (χ0) is 17.4. The predicted octanol–water partition coefficient (Wildman–Crippen LogP) is 4.89. The van der Waals surface area contributed by atoms with Crippen molar-refractivity contribution in [2.75, 3.05) is 7.11 Å². The number of benzene rings is 1. The van der Waals surface area contributed by atoms with E-state index >= 15 is 0 Å². The molecule has 2 aliphatic carbocycles. The zero-order valence-corrected chi connectivity index (χ0v) is 15.3. The zero-order valence-electron chi connectivity index (χ0n) is 14.5. The molecule has 134 valence electrons. The van der Waals surface area contributed by atoms with Gasteiger partial charge in [-0.1, -0.05) is 25.3 Å². The highest BCUT2D eigenvalue weighted by Gasteiger charge is 2.34. The lowest BCUT2D eigenvalue weighted by Crippen LogP contribution is -2.39. The maximum Gasteiger partial charge on any atom is 0.261 e. The van der Waals surface area contributed by atoms with Crippen molar-refractivity contribution in [3.8, 4) is 0 Å². The van der Waals surface area contributed by atoms with Crippen molar-refractivity contribution in [1.29, 1.82) is 0 Å². The van der Waals surface area contributed by atoms with Crippen molar-refractivity contribution < 1.29 is 13.9 Å². The van der Waals surface area contributed by atoms with Gasteiger partial charge in [-0.3, -0.25) is 4.79 Å². The number of fused-ring (bicyclic) bond motifs is 2. The molecule has 2 saturated carbocycles. The van der Waals surface area contributed by atoms with E-state index in [-0.39, 0.29) is 24.4 Å². The summed E-state index contributed by atoms with van der Waals surface area (Å²) in [5.74, 6) is 1.29. The number of hydrogen-bond acceptors (Lipinski definition) is 3. The first-order valence-electron chi connectivity index (χ1n) is 9.17. The molecule has 3 atom stereocenters. The third-order valence-corrected chi connectivity index (χ3v) is 7.08. The second-order valence-corrected chi connectivity index (χ2v) is 8.44. The minimum absolute atomic E-state index is 0.0749. The van der Waals surface area contributed by atoms with Crippen LogP contribution in [0, 0.1) is 17.7 Å².